The van der Waals surface area contributed by atoms with E-state index >= 15 is 0 Å². The lowest BCUT2D eigenvalue weighted by Gasteiger charge is -2.07. The van der Waals surface area contributed by atoms with Gasteiger partial charge in [0.1, 0.15) is 0 Å². The van der Waals surface area contributed by atoms with E-state index in [4.69, 9.17) is 11.5 Å². The molecular formula is C9H13N3. The highest BCUT2D eigenvalue weighted by molar-refractivity contribution is 5.70. The Bertz CT molecular complexity index is 281. The summed E-state index contributed by atoms with van der Waals surface area (Å²) in [7, 11) is 0. The van der Waals surface area contributed by atoms with Gasteiger partial charge in [0.2, 0.25) is 0 Å². The van der Waals surface area contributed by atoms with Gasteiger partial charge < -0.3 is 16.8 Å². The second kappa shape index (κ2) is 3.67. The molecule has 0 atom stereocenters. The summed E-state index contributed by atoms with van der Waals surface area (Å²) in [5.74, 6) is 0. The predicted octanol–water partition coefficient (Wildman–Crippen LogP) is 1.45. The molecule has 0 aliphatic carbocycles. The quantitative estimate of drug-likeness (QED) is 0.466. The van der Waals surface area contributed by atoms with E-state index in [1.54, 1.807) is 24.3 Å². The Balaban J connectivity index is 2.82. The number of anilines is 3. The molecular weight excluding hydrogens is 150 g/mol. The Kier molecular flexibility index (Phi) is 2.58. The Morgan fingerprint density at radius 2 is 2.17 bits per heavy atom. The van der Waals surface area contributed by atoms with Crippen molar-refractivity contribution in [3.63, 3.8) is 0 Å². The van der Waals surface area contributed by atoms with Gasteiger partial charge in [-0.05, 0) is 18.2 Å². The summed E-state index contributed by atoms with van der Waals surface area (Å²) in [5, 5.41) is 3.08. The number of nitrogens with two attached hydrogens (primary N) is 2. The highest BCUT2D eigenvalue weighted by atomic mass is 14.9. The summed E-state index contributed by atoms with van der Waals surface area (Å²) in [6.45, 7) is 4.28. The maximum atomic E-state index is 5.68. The molecule has 5 N–H and O–H groups in total. The van der Waals surface area contributed by atoms with Crippen molar-refractivity contribution in [1.82, 2.24) is 0 Å². The van der Waals surface area contributed by atoms with Crippen LogP contribution < -0.4 is 16.8 Å². The molecule has 0 fully saturated rings. The average Bonchev–Trinajstić information content (AvgIpc) is 2.07. The average molecular weight is 163 g/mol. The van der Waals surface area contributed by atoms with E-state index < -0.39 is 0 Å². The van der Waals surface area contributed by atoms with Crippen molar-refractivity contribution in [2.45, 2.75) is 0 Å². The van der Waals surface area contributed by atoms with Gasteiger partial charge in [0.15, 0.2) is 0 Å². The molecule has 0 radical (unpaired) electrons. The molecule has 3 heteroatoms. The van der Waals surface area contributed by atoms with Crippen LogP contribution in [0.4, 0.5) is 17.1 Å². The fraction of sp³-hybridized carbons (Fsp3) is 0.111. The smallest absolute Gasteiger partial charge is 0.0597 e. The molecule has 64 valence electrons. The third-order valence-electron chi connectivity index (χ3n) is 1.51. The number of benzene rings is 1. The van der Waals surface area contributed by atoms with E-state index in [0.29, 0.717) is 17.9 Å². The van der Waals surface area contributed by atoms with Crippen molar-refractivity contribution in [3.8, 4) is 0 Å². The predicted molar refractivity (Wildman–Crippen MR) is 54.0 cm³/mol. The first-order chi connectivity index (χ1) is 5.74. The van der Waals surface area contributed by atoms with Crippen molar-refractivity contribution in [3.05, 3.63) is 30.9 Å². The van der Waals surface area contributed by atoms with Gasteiger partial charge in [0, 0.05) is 12.2 Å². The highest BCUT2D eigenvalue weighted by Gasteiger charge is 1.96. The number of nitrogen functional groups attached to an aromatic ring is 2. The molecule has 0 spiro atoms. The van der Waals surface area contributed by atoms with E-state index in [2.05, 4.69) is 11.9 Å². The largest absolute Gasteiger partial charge is 0.399 e. The van der Waals surface area contributed by atoms with Gasteiger partial charge in [-0.25, -0.2) is 0 Å². The van der Waals surface area contributed by atoms with Gasteiger partial charge in [-0.15, -0.1) is 6.58 Å². The molecule has 0 aliphatic rings. The van der Waals surface area contributed by atoms with Crippen LogP contribution in [-0.2, 0) is 0 Å². The molecule has 0 heterocycles. The zero-order chi connectivity index (χ0) is 8.97. The minimum Gasteiger partial charge on any atom is -0.399 e. The van der Waals surface area contributed by atoms with Gasteiger partial charge in [0.25, 0.3) is 0 Å². The molecule has 0 bridgehead atoms. The molecule has 0 saturated heterocycles. The van der Waals surface area contributed by atoms with Gasteiger partial charge >= 0.3 is 0 Å². The summed E-state index contributed by atoms with van der Waals surface area (Å²) < 4.78 is 0. The summed E-state index contributed by atoms with van der Waals surface area (Å²) in [6, 6.07) is 5.36. The highest BCUT2D eigenvalue weighted by Crippen LogP contribution is 2.20. The van der Waals surface area contributed by atoms with Crippen LogP contribution >= 0.6 is 0 Å². The van der Waals surface area contributed by atoms with Crippen molar-refractivity contribution >= 4 is 17.1 Å². The Hall–Kier alpha value is -1.64. The molecule has 12 heavy (non-hydrogen) atoms. The van der Waals surface area contributed by atoms with Crippen molar-refractivity contribution < 1.29 is 0 Å². The second-order valence-electron chi connectivity index (χ2n) is 2.52. The van der Waals surface area contributed by atoms with E-state index in [0.717, 1.165) is 5.69 Å². The molecule has 1 aromatic rings. The fourth-order valence-electron chi connectivity index (χ4n) is 0.909. The lowest BCUT2D eigenvalue weighted by molar-refractivity contribution is 1.34. The van der Waals surface area contributed by atoms with Crippen LogP contribution in [0.15, 0.2) is 30.9 Å². The normalized spacial score (nSPS) is 9.33. The molecule has 0 aliphatic heterocycles. The zero-order valence-corrected chi connectivity index (χ0v) is 6.88. The Morgan fingerprint density at radius 1 is 1.42 bits per heavy atom. The van der Waals surface area contributed by atoms with E-state index in [9.17, 15) is 0 Å². The van der Waals surface area contributed by atoms with Gasteiger partial charge in [-0.3, -0.25) is 0 Å². The lowest BCUT2D eigenvalue weighted by atomic mass is 10.2. The van der Waals surface area contributed by atoms with Crippen LogP contribution in [0.3, 0.4) is 0 Å². The number of rotatable bonds is 3. The van der Waals surface area contributed by atoms with Gasteiger partial charge in [-0.1, -0.05) is 6.08 Å². The van der Waals surface area contributed by atoms with Crippen molar-refractivity contribution in [2.75, 3.05) is 23.3 Å². The minimum absolute atomic E-state index is 0.688. The summed E-state index contributed by atoms with van der Waals surface area (Å²) in [5.41, 5.74) is 13.5. The maximum Gasteiger partial charge on any atom is 0.0597 e. The first kappa shape index (κ1) is 8.46. The Morgan fingerprint density at radius 3 is 2.83 bits per heavy atom. The monoisotopic (exact) mass is 163 g/mol. The third kappa shape index (κ3) is 1.92. The fourth-order valence-corrected chi connectivity index (χ4v) is 0.909. The van der Waals surface area contributed by atoms with Crippen LogP contribution in [-0.4, -0.2) is 6.54 Å². The second-order valence-corrected chi connectivity index (χ2v) is 2.52. The van der Waals surface area contributed by atoms with Crippen LogP contribution in [0.2, 0.25) is 0 Å². The number of hydrogen-bond acceptors (Lipinski definition) is 3. The summed E-state index contributed by atoms with van der Waals surface area (Å²) in [6.07, 6.45) is 1.77. The van der Waals surface area contributed by atoms with E-state index in [1.165, 1.54) is 0 Å². The molecule has 0 saturated carbocycles. The van der Waals surface area contributed by atoms with Crippen molar-refractivity contribution in [2.24, 2.45) is 0 Å². The first-order valence-electron chi connectivity index (χ1n) is 3.74. The molecule has 0 unspecified atom stereocenters. The lowest BCUT2D eigenvalue weighted by Crippen LogP contribution is -2.02. The van der Waals surface area contributed by atoms with E-state index in [1.807, 2.05) is 0 Å². The van der Waals surface area contributed by atoms with Crippen LogP contribution in [0.5, 0.6) is 0 Å². The maximum absolute atomic E-state index is 5.68. The summed E-state index contributed by atoms with van der Waals surface area (Å²) in [4.78, 5) is 0. The first-order valence-corrected chi connectivity index (χ1v) is 3.74. The SMILES string of the molecule is C=CCNc1cc(N)ccc1N. The topological polar surface area (TPSA) is 64.1 Å². The van der Waals surface area contributed by atoms with Crippen molar-refractivity contribution in [1.29, 1.82) is 0 Å². The molecule has 0 aromatic heterocycles. The molecule has 1 rings (SSSR count). The van der Waals surface area contributed by atoms with Crippen LogP contribution in [0, 0.1) is 0 Å². The number of nitrogens with one attached hydrogen (secondary N) is 1. The number of hydrogen-bond donors (Lipinski definition) is 3. The van der Waals surface area contributed by atoms with Crippen LogP contribution in [0.25, 0.3) is 0 Å². The molecule has 1 aromatic carbocycles. The van der Waals surface area contributed by atoms with Crippen LogP contribution in [0.1, 0.15) is 0 Å². The zero-order valence-electron chi connectivity index (χ0n) is 6.88. The Labute approximate surface area is 72.1 Å². The third-order valence-corrected chi connectivity index (χ3v) is 1.51. The molecule has 0 amide bonds. The van der Waals surface area contributed by atoms with Gasteiger partial charge in [-0.2, -0.15) is 0 Å². The van der Waals surface area contributed by atoms with E-state index in [-0.39, 0.29) is 0 Å². The standard InChI is InChI=1S/C9H13N3/c1-2-5-12-9-6-7(10)3-4-8(9)11/h2-4,6,12H,1,5,10-11H2. The summed E-state index contributed by atoms with van der Waals surface area (Å²) >= 11 is 0. The van der Waals surface area contributed by atoms with Gasteiger partial charge in [0.05, 0.1) is 11.4 Å². The minimum atomic E-state index is 0.688. The molecule has 3 nitrogen and oxygen atoms in total.